The van der Waals surface area contributed by atoms with Crippen LogP contribution in [0.1, 0.15) is 39.5 Å². The van der Waals surface area contributed by atoms with Gasteiger partial charge in [-0.2, -0.15) is 11.8 Å². The average Bonchev–Trinajstić information content (AvgIpc) is 2.64. The van der Waals surface area contributed by atoms with Crippen molar-refractivity contribution in [1.82, 2.24) is 10.2 Å². The van der Waals surface area contributed by atoms with Gasteiger partial charge in [0.2, 0.25) is 11.8 Å². The number of carbonyl (C=O) groups excluding carboxylic acids is 1. The first-order valence-electron chi connectivity index (χ1n) is 5.78. The van der Waals surface area contributed by atoms with Gasteiger partial charge in [-0.25, -0.2) is 0 Å². The summed E-state index contributed by atoms with van der Waals surface area (Å²) in [7, 11) is 0. The number of nitrogens with one attached hydrogen (secondary N) is 1. The minimum absolute atomic E-state index is 0.149. The summed E-state index contributed by atoms with van der Waals surface area (Å²) in [6.07, 6.45) is 0. The van der Waals surface area contributed by atoms with E-state index in [1.807, 2.05) is 27.7 Å². The molecule has 0 atom stereocenters. The van der Waals surface area contributed by atoms with E-state index in [0.29, 0.717) is 17.4 Å². The smallest absolute Gasteiger partial charge is 0.322 e. The van der Waals surface area contributed by atoms with E-state index < -0.39 is 0 Å². The fourth-order valence-corrected chi connectivity index (χ4v) is 1.97. The number of nitrogens with zero attached hydrogens (tertiary/aromatic N) is 2. The average molecular weight is 272 g/mol. The summed E-state index contributed by atoms with van der Waals surface area (Å²) >= 11 is 1.47. The Morgan fingerprint density at radius 3 is 2.67 bits per heavy atom. The molecule has 0 radical (unpaired) electrons. The Bertz CT molecular complexity index is 398. The molecule has 0 aromatic carbocycles. The molecule has 7 heteroatoms. The molecule has 0 bridgehead atoms. The zero-order valence-corrected chi connectivity index (χ0v) is 12.0. The van der Waals surface area contributed by atoms with Gasteiger partial charge in [0.15, 0.2) is 0 Å². The first-order valence-corrected chi connectivity index (χ1v) is 6.93. The summed E-state index contributed by atoms with van der Waals surface area (Å²) in [6, 6.07) is 0.149. The quantitative estimate of drug-likeness (QED) is 0.817. The Kier molecular flexibility index (Phi) is 5.15. The molecule has 0 saturated heterocycles. The normalized spacial score (nSPS) is 11.9. The summed E-state index contributed by atoms with van der Waals surface area (Å²) in [5.74, 6) is 1.53. The van der Waals surface area contributed by atoms with Gasteiger partial charge in [0.1, 0.15) is 0 Å². The second-order valence-corrected chi connectivity index (χ2v) is 6.12. The van der Waals surface area contributed by atoms with Crippen molar-refractivity contribution >= 4 is 23.7 Å². The third-order valence-corrected chi connectivity index (χ3v) is 3.30. The molecule has 1 aromatic heterocycles. The molecule has 1 heterocycles. The number of thioether (sulfide) groups is 1. The van der Waals surface area contributed by atoms with Crippen LogP contribution in [-0.4, -0.2) is 33.1 Å². The summed E-state index contributed by atoms with van der Waals surface area (Å²) in [5, 5.41) is 10.1. The molecule has 3 N–H and O–H groups in total. The first-order chi connectivity index (χ1) is 8.28. The third-order valence-electron chi connectivity index (χ3n) is 1.89. The number of anilines is 1. The highest BCUT2D eigenvalue weighted by Crippen LogP contribution is 2.15. The minimum atomic E-state index is -0.278. The number of carbonyl (C=O) groups is 1. The van der Waals surface area contributed by atoms with Crippen LogP contribution >= 0.6 is 11.8 Å². The number of rotatable bonds is 6. The maximum atomic E-state index is 11.6. The number of nitrogens with two attached hydrogens (primary N) is 1. The van der Waals surface area contributed by atoms with Gasteiger partial charge in [-0.05, 0) is 13.8 Å². The molecule has 0 unspecified atom stereocenters. The molecule has 18 heavy (non-hydrogen) atoms. The van der Waals surface area contributed by atoms with Crippen LogP contribution in [0.4, 0.5) is 6.01 Å². The number of hydrogen-bond acceptors (Lipinski definition) is 6. The standard InChI is InChI=1S/C11H20N4O2S/c1-7(2)9-14-15-10(17-9)13-8(16)5-18-6-11(3,4)12/h7H,5-6,12H2,1-4H3,(H,13,15,16). The Hall–Kier alpha value is -1.08. The fraction of sp³-hybridized carbons (Fsp3) is 0.727. The molecule has 102 valence electrons. The lowest BCUT2D eigenvalue weighted by atomic mass is 10.1. The second kappa shape index (κ2) is 6.19. The lowest BCUT2D eigenvalue weighted by molar-refractivity contribution is -0.113. The molecule has 0 aliphatic carbocycles. The van der Waals surface area contributed by atoms with E-state index in [2.05, 4.69) is 15.5 Å². The zero-order valence-electron chi connectivity index (χ0n) is 11.2. The highest BCUT2D eigenvalue weighted by Gasteiger charge is 2.14. The minimum Gasteiger partial charge on any atom is -0.408 e. The molecule has 0 spiro atoms. The molecule has 1 rings (SSSR count). The summed E-state index contributed by atoms with van der Waals surface area (Å²) in [4.78, 5) is 11.6. The molecular formula is C11H20N4O2S. The van der Waals surface area contributed by atoms with Crippen LogP contribution in [0.15, 0.2) is 4.42 Å². The topological polar surface area (TPSA) is 94.0 Å². The zero-order chi connectivity index (χ0) is 13.8. The molecule has 6 nitrogen and oxygen atoms in total. The maximum absolute atomic E-state index is 11.6. The highest BCUT2D eigenvalue weighted by molar-refractivity contribution is 8.00. The van der Waals surface area contributed by atoms with E-state index in [-0.39, 0.29) is 23.4 Å². The van der Waals surface area contributed by atoms with Crippen molar-refractivity contribution in [3.63, 3.8) is 0 Å². The van der Waals surface area contributed by atoms with Crippen molar-refractivity contribution in [3.8, 4) is 0 Å². The number of hydrogen-bond donors (Lipinski definition) is 2. The Morgan fingerprint density at radius 2 is 2.17 bits per heavy atom. The summed E-state index contributed by atoms with van der Waals surface area (Å²) in [6.45, 7) is 7.73. The van der Waals surface area contributed by atoms with Gasteiger partial charge in [0.25, 0.3) is 0 Å². The molecule has 0 aliphatic rings. The Morgan fingerprint density at radius 1 is 1.50 bits per heavy atom. The van der Waals surface area contributed by atoms with Crippen LogP contribution in [0.5, 0.6) is 0 Å². The van der Waals surface area contributed by atoms with E-state index >= 15 is 0 Å². The van der Waals surface area contributed by atoms with Crippen LogP contribution in [0.25, 0.3) is 0 Å². The van der Waals surface area contributed by atoms with Crippen molar-refractivity contribution in [2.24, 2.45) is 5.73 Å². The van der Waals surface area contributed by atoms with E-state index in [0.717, 1.165) is 0 Å². The number of amides is 1. The summed E-state index contributed by atoms with van der Waals surface area (Å²) < 4.78 is 5.27. The van der Waals surface area contributed by atoms with E-state index in [4.69, 9.17) is 10.2 Å². The van der Waals surface area contributed by atoms with Gasteiger partial charge in [0.05, 0.1) is 5.75 Å². The van der Waals surface area contributed by atoms with E-state index in [1.165, 1.54) is 11.8 Å². The van der Waals surface area contributed by atoms with Crippen LogP contribution in [0, 0.1) is 0 Å². The Labute approximate surface area is 111 Å². The molecule has 0 fully saturated rings. The SMILES string of the molecule is CC(C)c1nnc(NC(=O)CSCC(C)(C)N)o1. The highest BCUT2D eigenvalue weighted by atomic mass is 32.2. The number of aromatic nitrogens is 2. The van der Waals surface area contributed by atoms with Crippen LogP contribution in [-0.2, 0) is 4.79 Å². The lowest BCUT2D eigenvalue weighted by Crippen LogP contribution is -2.35. The van der Waals surface area contributed by atoms with Gasteiger partial charge < -0.3 is 10.2 Å². The first kappa shape index (κ1) is 15.0. The van der Waals surface area contributed by atoms with E-state index in [9.17, 15) is 4.79 Å². The second-order valence-electron chi connectivity index (χ2n) is 5.13. The maximum Gasteiger partial charge on any atom is 0.322 e. The van der Waals surface area contributed by atoms with Crippen LogP contribution in [0.3, 0.4) is 0 Å². The molecule has 1 aromatic rings. The van der Waals surface area contributed by atoms with Crippen molar-refractivity contribution in [1.29, 1.82) is 0 Å². The lowest BCUT2D eigenvalue weighted by Gasteiger charge is -2.16. The fourth-order valence-electron chi connectivity index (χ4n) is 1.08. The van der Waals surface area contributed by atoms with Crippen molar-refractivity contribution < 1.29 is 9.21 Å². The predicted octanol–water partition coefficient (Wildman–Crippen LogP) is 1.60. The van der Waals surface area contributed by atoms with Crippen molar-refractivity contribution in [2.75, 3.05) is 16.8 Å². The predicted molar refractivity (Wildman–Crippen MR) is 72.6 cm³/mol. The van der Waals surface area contributed by atoms with Gasteiger partial charge >= 0.3 is 6.01 Å². The van der Waals surface area contributed by atoms with Gasteiger partial charge in [-0.1, -0.05) is 18.9 Å². The molecule has 0 aliphatic heterocycles. The Balaban J connectivity index is 2.35. The van der Waals surface area contributed by atoms with Gasteiger partial charge in [-0.3, -0.25) is 10.1 Å². The monoisotopic (exact) mass is 272 g/mol. The van der Waals surface area contributed by atoms with Crippen LogP contribution in [0.2, 0.25) is 0 Å². The van der Waals surface area contributed by atoms with Crippen LogP contribution < -0.4 is 11.1 Å². The largest absolute Gasteiger partial charge is 0.408 e. The summed E-state index contributed by atoms with van der Waals surface area (Å²) in [5.41, 5.74) is 5.54. The molecule has 1 amide bonds. The third kappa shape index (κ3) is 5.50. The van der Waals surface area contributed by atoms with Gasteiger partial charge in [-0.15, -0.1) is 5.10 Å². The van der Waals surface area contributed by atoms with E-state index in [1.54, 1.807) is 0 Å². The molecular weight excluding hydrogens is 252 g/mol. The van der Waals surface area contributed by atoms with Crippen molar-refractivity contribution in [3.05, 3.63) is 5.89 Å². The van der Waals surface area contributed by atoms with Crippen molar-refractivity contribution in [2.45, 2.75) is 39.2 Å². The molecule has 0 saturated carbocycles. The van der Waals surface area contributed by atoms with Gasteiger partial charge in [0, 0.05) is 17.2 Å².